The first-order valence-corrected chi connectivity index (χ1v) is 17.1. The third kappa shape index (κ3) is 7.32. The summed E-state index contributed by atoms with van der Waals surface area (Å²) < 4.78 is 59.3. The summed E-state index contributed by atoms with van der Waals surface area (Å²) in [4.78, 5) is 32.4. The molecule has 2 saturated heterocycles. The van der Waals surface area contributed by atoms with Gasteiger partial charge < -0.3 is 48.7 Å². The number of nitrogens with one attached hydrogen (secondary N) is 1. The third-order valence-corrected chi connectivity index (χ3v) is 10.4. The number of nitro benzene ring substituents is 1. The fourth-order valence-electron chi connectivity index (χ4n) is 4.61. The molecule has 0 amide bonds. The number of nitro groups is 1. The third-order valence-electron chi connectivity index (χ3n) is 6.84. The quantitative estimate of drug-likeness (QED) is 0.0948. The number of fused-ring (bicyclic) bond motifs is 1. The first-order valence-electron chi connectivity index (χ1n) is 13.2. The molecule has 246 valence electrons. The molecule has 2 unspecified atom stereocenters. The van der Waals surface area contributed by atoms with E-state index in [1.54, 1.807) is 0 Å². The number of rotatable bonds is 12. The highest BCUT2D eigenvalue weighted by atomic mass is 31.3. The van der Waals surface area contributed by atoms with Crippen molar-refractivity contribution in [3.8, 4) is 5.75 Å². The Labute approximate surface area is 252 Å². The van der Waals surface area contributed by atoms with E-state index in [0.29, 0.717) is 0 Å². The maximum absolute atomic E-state index is 13.0. The SMILES string of the molecule is CP(=O)(OC[C@H]1O[C@@H](n2cnc3c(=O)[nH]cnc32)[C@H](O)[C@@H]1O)OP(C)(=O)OC[C@H]1O[C@H](Oc2ccc([N+](=O)[O-])cc2)[C@H](O)[C@@H]1O. The van der Waals surface area contributed by atoms with Gasteiger partial charge in [-0.05, 0) is 12.1 Å². The average molecular weight is 677 g/mol. The molecule has 20 nitrogen and oxygen atoms in total. The number of imidazole rings is 1. The van der Waals surface area contributed by atoms with Gasteiger partial charge in [0.15, 0.2) is 17.4 Å². The minimum atomic E-state index is -4.16. The van der Waals surface area contributed by atoms with Gasteiger partial charge in [-0.15, -0.1) is 0 Å². The fourth-order valence-corrected chi connectivity index (χ4v) is 7.98. The van der Waals surface area contributed by atoms with Crippen LogP contribution in [0.3, 0.4) is 0 Å². The van der Waals surface area contributed by atoms with E-state index in [1.165, 1.54) is 35.2 Å². The monoisotopic (exact) mass is 677 g/mol. The second kappa shape index (κ2) is 12.9. The van der Waals surface area contributed by atoms with Crippen molar-refractivity contribution >= 4 is 32.0 Å². The van der Waals surface area contributed by atoms with Crippen molar-refractivity contribution in [3.63, 3.8) is 0 Å². The van der Waals surface area contributed by atoms with Gasteiger partial charge in [-0.2, -0.15) is 0 Å². The van der Waals surface area contributed by atoms with Crippen LogP contribution in [0.1, 0.15) is 6.23 Å². The molecule has 2 aliphatic heterocycles. The molecule has 0 spiro atoms. The van der Waals surface area contributed by atoms with Crippen LogP contribution >= 0.6 is 15.2 Å². The topological polar surface area (TPSA) is 277 Å². The zero-order valence-electron chi connectivity index (χ0n) is 23.5. The van der Waals surface area contributed by atoms with Gasteiger partial charge in [0.1, 0.15) is 42.4 Å². The molecule has 1 aromatic carbocycles. The number of non-ortho nitro benzene ring substituents is 1. The second-order valence-electron chi connectivity index (χ2n) is 10.2. The van der Waals surface area contributed by atoms with Gasteiger partial charge >= 0.3 is 15.2 Å². The highest BCUT2D eigenvalue weighted by Gasteiger charge is 2.47. The number of nitrogens with zero attached hydrogens (tertiary/aromatic N) is 4. The van der Waals surface area contributed by atoms with Crippen LogP contribution in [0.25, 0.3) is 11.2 Å². The Kier molecular flexibility index (Phi) is 9.55. The molecule has 0 aliphatic carbocycles. The van der Waals surface area contributed by atoms with Crippen LogP contribution in [0, 0.1) is 10.1 Å². The molecule has 0 bridgehead atoms. The van der Waals surface area contributed by atoms with Crippen molar-refractivity contribution in [2.75, 3.05) is 26.5 Å². The molecule has 5 N–H and O–H groups in total. The van der Waals surface area contributed by atoms with E-state index >= 15 is 0 Å². The van der Waals surface area contributed by atoms with E-state index in [2.05, 4.69) is 15.0 Å². The summed E-state index contributed by atoms with van der Waals surface area (Å²) in [7, 11) is -8.32. The fraction of sp³-hybridized carbons (Fsp3) is 0.522. The van der Waals surface area contributed by atoms with Crippen molar-refractivity contribution < 1.29 is 62.0 Å². The molecule has 22 heteroatoms. The lowest BCUT2D eigenvalue weighted by atomic mass is 10.1. The Morgan fingerprint density at radius 1 is 0.956 bits per heavy atom. The van der Waals surface area contributed by atoms with Crippen LogP contribution in [-0.2, 0) is 32.0 Å². The normalized spacial score (nSPS) is 31.1. The zero-order chi connectivity index (χ0) is 32.7. The van der Waals surface area contributed by atoms with E-state index in [-0.39, 0.29) is 22.6 Å². The maximum atomic E-state index is 13.0. The maximum Gasteiger partial charge on any atom is 0.334 e. The minimum absolute atomic E-state index is 0.0229. The highest BCUT2D eigenvalue weighted by Crippen LogP contribution is 2.61. The number of aromatic amines is 1. The van der Waals surface area contributed by atoms with Crippen LogP contribution < -0.4 is 10.3 Å². The van der Waals surface area contributed by atoms with Gasteiger partial charge in [-0.1, -0.05) is 0 Å². The summed E-state index contributed by atoms with van der Waals surface area (Å²) in [5.74, 6) is 0.104. The summed E-state index contributed by atoms with van der Waals surface area (Å²) in [5.41, 5.74) is -0.656. The van der Waals surface area contributed by atoms with Crippen LogP contribution in [0.4, 0.5) is 5.69 Å². The Bertz CT molecular complexity index is 1680. The van der Waals surface area contributed by atoms with Crippen LogP contribution in [0.2, 0.25) is 0 Å². The number of aromatic nitrogens is 4. The van der Waals surface area contributed by atoms with E-state index in [9.17, 15) is 44.5 Å². The predicted octanol–water partition coefficient (Wildman–Crippen LogP) is -0.132. The van der Waals surface area contributed by atoms with Crippen molar-refractivity contribution in [2.45, 2.75) is 49.1 Å². The van der Waals surface area contributed by atoms with Gasteiger partial charge in [0.25, 0.3) is 11.2 Å². The largest absolute Gasteiger partial charge is 0.462 e. The molecule has 10 atom stereocenters. The number of ether oxygens (including phenoxy) is 3. The van der Waals surface area contributed by atoms with Crippen molar-refractivity contribution in [1.82, 2.24) is 19.5 Å². The molecule has 45 heavy (non-hydrogen) atoms. The minimum Gasteiger partial charge on any atom is -0.462 e. The van der Waals surface area contributed by atoms with Crippen molar-refractivity contribution in [2.24, 2.45) is 0 Å². The highest BCUT2D eigenvalue weighted by molar-refractivity contribution is 7.66. The number of H-pyrrole nitrogens is 1. The van der Waals surface area contributed by atoms with Gasteiger partial charge in [0.2, 0.25) is 6.29 Å². The molecule has 0 radical (unpaired) electrons. The lowest BCUT2D eigenvalue weighted by Gasteiger charge is -2.23. The van der Waals surface area contributed by atoms with E-state index in [4.69, 9.17) is 27.6 Å². The summed E-state index contributed by atoms with van der Waals surface area (Å²) in [6.07, 6.45) is -8.98. The first-order chi connectivity index (χ1) is 21.2. The molecule has 2 aromatic heterocycles. The Balaban J connectivity index is 1.13. The standard InChI is InChI=1S/C23H29N5O15P2/c1-44(36,38-7-13-16(29)18(31)22(41-13)27-10-26-15-20(27)24-9-25-21(15)33)43-45(2,37)39-8-14-17(30)19(32)23(42-14)40-12-5-3-11(4-6-12)28(34)35/h3-6,9-10,13-14,16-19,22-23,29-32H,7-8H2,1-2H3,(H,24,25,33)/t13-,14-,16-,17-,18-,19-,22-,23+,44?,45?/m1/s1. The molecular formula is C23H29N5O15P2. The van der Waals surface area contributed by atoms with E-state index in [0.717, 1.165) is 19.7 Å². The van der Waals surface area contributed by atoms with Gasteiger partial charge in [0.05, 0.1) is 30.8 Å². The first kappa shape index (κ1) is 33.2. The Morgan fingerprint density at radius 2 is 1.56 bits per heavy atom. The molecule has 5 rings (SSSR count). The lowest BCUT2D eigenvalue weighted by molar-refractivity contribution is -0.384. The van der Waals surface area contributed by atoms with Gasteiger partial charge in [-0.3, -0.25) is 28.6 Å². The number of benzene rings is 1. The number of aliphatic hydroxyl groups is 4. The Morgan fingerprint density at radius 3 is 2.18 bits per heavy atom. The van der Waals surface area contributed by atoms with Crippen molar-refractivity contribution in [3.05, 3.63) is 57.4 Å². The molecule has 4 heterocycles. The number of hydrogen-bond acceptors (Lipinski definition) is 17. The molecule has 2 aliphatic rings. The van der Waals surface area contributed by atoms with E-state index < -0.39 is 88.0 Å². The van der Waals surface area contributed by atoms with E-state index in [1.807, 2.05) is 0 Å². The average Bonchev–Trinajstić information content (AvgIpc) is 3.61. The predicted molar refractivity (Wildman–Crippen MR) is 149 cm³/mol. The summed E-state index contributed by atoms with van der Waals surface area (Å²) in [6, 6.07) is 4.89. The van der Waals surface area contributed by atoms with Crippen LogP contribution in [0.5, 0.6) is 5.75 Å². The van der Waals surface area contributed by atoms with Crippen molar-refractivity contribution in [1.29, 1.82) is 0 Å². The zero-order valence-corrected chi connectivity index (χ0v) is 25.2. The number of hydrogen-bond donors (Lipinski definition) is 5. The van der Waals surface area contributed by atoms with Crippen LogP contribution in [0.15, 0.2) is 41.7 Å². The summed E-state index contributed by atoms with van der Waals surface area (Å²) in [6.45, 7) is 0.788. The van der Waals surface area contributed by atoms with Gasteiger partial charge in [0, 0.05) is 25.5 Å². The number of aliphatic hydroxyl groups excluding tert-OH is 4. The molecule has 3 aromatic rings. The molecular weight excluding hydrogens is 648 g/mol. The smallest absolute Gasteiger partial charge is 0.334 e. The van der Waals surface area contributed by atoms with Crippen LogP contribution in [-0.4, -0.2) is 114 Å². The lowest BCUT2D eigenvalue weighted by Crippen LogP contribution is -2.35. The Hall–Kier alpha value is -3.13. The van der Waals surface area contributed by atoms with Gasteiger partial charge in [-0.25, -0.2) is 14.3 Å². The molecule has 0 saturated carbocycles. The second-order valence-corrected chi connectivity index (χ2v) is 14.5. The summed E-state index contributed by atoms with van der Waals surface area (Å²) >= 11 is 0. The molecule has 2 fully saturated rings. The summed E-state index contributed by atoms with van der Waals surface area (Å²) in [5, 5.41) is 52.5.